The third-order valence-corrected chi connectivity index (χ3v) is 5.99. The minimum absolute atomic E-state index is 0.0199. The largest absolute Gasteiger partial charge is 0.478 e. The van der Waals surface area contributed by atoms with E-state index in [1.165, 1.54) is 42.6 Å². The first-order valence-electron chi connectivity index (χ1n) is 6.47. The second-order valence-electron chi connectivity index (χ2n) is 4.95. The molecule has 0 bridgehead atoms. The number of thiophene rings is 1. The first-order chi connectivity index (χ1) is 11.1. The van der Waals surface area contributed by atoms with Gasteiger partial charge in [-0.1, -0.05) is 11.6 Å². The number of nitrogens with zero attached hydrogens (tertiary/aromatic N) is 1. The Hall–Kier alpha value is -2.10. The zero-order valence-corrected chi connectivity index (χ0v) is 15.0. The van der Waals surface area contributed by atoms with Gasteiger partial charge in [-0.25, -0.2) is 13.2 Å². The van der Waals surface area contributed by atoms with Crippen molar-refractivity contribution in [1.82, 2.24) is 4.90 Å². The lowest BCUT2D eigenvalue weighted by Gasteiger charge is -2.15. The monoisotopic (exact) mass is 388 g/mol. The normalized spacial score (nSPS) is 11.1. The van der Waals surface area contributed by atoms with Crippen molar-refractivity contribution in [2.24, 2.45) is 0 Å². The van der Waals surface area contributed by atoms with Crippen molar-refractivity contribution >= 4 is 50.5 Å². The average Bonchev–Trinajstić information content (AvgIpc) is 2.97. The molecule has 1 aromatic carbocycles. The Morgan fingerprint density at radius 3 is 2.46 bits per heavy atom. The van der Waals surface area contributed by atoms with Gasteiger partial charge in [0.1, 0.15) is 4.21 Å². The van der Waals surface area contributed by atoms with Crippen molar-refractivity contribution in [3.8, 4) is 0 Å². The van der Waals surface area contributed by atoms with Crippen LogP contribution in [-0.4, -0.2) is 44.4 Å². The summed E-state index contributed by atoms with van der Waals surface area (Å²) < 4.78 is 27.0. The molecule has 0 aliphatic rings. The molecule has 2 aromatic rings. The van der Waals surface area contributed by atoms with Crippen LogP contribution in [0.2, 0.25) is 5.02 Å². The molecule has 0 atom stereocenters. The van der Waals surface area contributed by atoms with E-state index in [4.69, 9.17) is 16.7 Å². The number of halogens is 1. The lowest BCUT2D eigenvalue weighted by Crippen LogP contribution is -2.24. The summed E-state index contributed by atoms with van der Waals surface area (Å²) in [5, 5.41) is 10.4. The van der Waals surface area contributed by atoms with Gasteiger partial charge in [0.05, 0.1) is 16.8 Å². The van der Waals surface area contributed by atoms with E-state index < -0.39 is 21.9 Å². The molecule has 7 nitrogen and oxygen atoms in total. The SMILES string of the molecule is CN(C)C(=O)c1ccc(Cl)cc1NS(=O)(=O)c1cc(C(=O)O)cs1. The number of rotatable bonds is 5. The number of aromatic carboxylic acids is 1. The zero-order chi connectivity index (χ0) is 18.1. The number of carbonyl (C=O) groups is 2. The molecule has 2 N–H and O–H groups in total. The highest BCUT2D eigenvalue weighted by Crippen LogP contribution is 2.27. The predicted octanol–water partition coefficient (Wildman–Crippen LogP) is 2.60. The predicted molar refractivity (Wildman–Crippen MR) is 91.6 cm³/mol. The van der Waals surface area contributed by atoms with Crippen molar-refractivity contribution in [2.75, 3.05) is 18.8 Å². The second-order valence-corrected chi connectivity index (χ2v) is 8.21. The van der Waals surface area contributed by atoms with E-state index in [0.717, 1.165) is 17.4 Å². The Balaban J connectivity index is 2.43. The molecule has 0 radical (unpaired) electrons. The fourth-order valence-corrected chi connectivity index (χ4v) is 4.19. The highest BCUT2D eigenvalue weighted by Gasteiger charge is 2.22. The van der Waals surface area contributed by atoms with E-state index in [-0.39, 0.29) is 26.0 Å². The second kappa shape index (κ2) is 6.80. The van der Waals surface area contributed by atoms with Gasteiger partial charge in [0, 0.05) is 24.5 Å². The summed E-state index contributed by atoms with van der Waals surface area (Å²) in [5.41, 5.74) is 0.0190. The van der Waals surface area contributed by atoms with E-state index in [1.54, 1.807) is 0 Å². The standard InChI is InChI=1S/C14H13ClN2O5S2/c1-17(2)13(18)10-4-3-9(15)6-11(10)16-24(21,22)12-5-8(7-23-12)14(19)20/h3-7,16H,1-2H3,(H,19,20). The number of nitrogens with one attached hydrogen (secondary N) is 1. The van der Waals surface area contributed by atoms with Crippen molar-refractivity contribution in [3.05, 3.63) is 45.8 Å². The van der Waals surface area contributed by atoms with Crippen LogP contribution in [0, 0.1) is 0 Å². The minimum Gasteiger partial charge on any atom is -0.478 e. The third kappa shape index (κ3) is 3.86. The number of anilines is 1. The van der Waals surface area contributed by atoms with Crippen LogP contribution in [0.4, 0.5) is 5.69 Å². The van der Waals surface area contributed by atoms with Crippen LogP contribution in [0.25, 0.3) is 0 Å². The van der Waals surface area contributed by atoms with Gasteiger partial charge in [0.15, 0.2) is 0 Å². The molecule has 1 aromatic heterocycles. The summed E-state index contributed by atoms with van der Waals surface area (Å²) in [7, 11) is -0.978. The molecule has 0 aliphatic heterocycles. The number of amides is 1. The number of hydrogen-bond donors (Lipinski definition) is 2. The molecule has 0 fully saturated rings. The summed E-state index contributed by atoms with van der Waals surface area (Å²) in [5.74, 6) is -1.62. The van der Waals surface area contributed by atoms with Gasteiger partial charge in [-0.3, -0.25) is 9.52 Å². The molecule has 1 heterocycles. The smallest absolute Gasteiger partial charge is 0.336 e. The molecule has 0 unspecified atom stereocenters. The van der Waals surface area contributed by atoms with Gasteiger partial charge in [-0.15, -0.1) is 11.3 Å². The van der Waals surface area contributed by atoms with Gasteiger partial charge < -0.3 is 10.0 Å². The molecule has 2 rings (SSSR count). The molecule has 0 spiro atoms. The molecule has 24 heavy (non-hydrogen) atoms. The van der Waals surface area contributed by atoms with Crippen LogP contribution in [0.5, 0.6) is 0 Å². The molecular weight excluding hydrogens is 376 g/mol. The van der Waals surface area contributed by atoms with Gasteiger partial charge in [-0.2, -0.15) is 0 Å². The maximum absolute atomic E-state index is 12.4. The van der Waals surface area contributed by atoms with Gasteiger partial charge in [-0.05, 0) is 24.3 Å². The van der Waals surface area contributed by atoms with Crippen LogP contribution < -0.4 is 4.72 Å². The first-order valence-corrected chi connectivity index (χ1v) is 9.22. The van der Waals surface area contributed by atoms with Gasteiger partial charge >= 0.3 is 5.97 Å². The average molecular weight is 389 g/mol. The van der Waals surface area contributed by atoms with Gasteiger partial charge in [0.2, 0.25) is 0 Å². The number of benzene rings is 1. The van der Waals surface area contributed by atoms with E-state index >= 15 is 0 Å². The minimum atomic E-state index is -4.05. The number of sulfonamides is 1. The quantitative estimate of drug-likeness (QED) is 0.819. The highest BCUT2D eigenvalue weighted by molar-refractivity contribution is 7.94. The van der Waals surface area contributed by atoms with Crippen molar-refractivity contribution < 1.29 is 23.1 Å². The maximum Gasteiger partial charge on any atom is 0.336 e. The topological polar surface area (TPSA) is 104 Å². The zero-order valence-electron chi connectivity index (χ0n) is 12.6. The molecular formula is C14H13ClN2O5S2. The first kappa shape index (κ1) is 18.2. The molecule has 0 aliphatic carbocycles. The van der Waals surface area contributed by atoms with Crippen molar-refractivity contribution in [3.63, 3.8) is 0 Å². The van der Waals surface area contributed by atoms with E-state index in [9.17, 15) is 18.0 Å². The van der Waals surface area contributed by atoms with Crippen molar-refractivity contribution in [1.29, 1.82) is 0 Å². The summed E-state index contributed by atoms with van der Waals surface area (Å²) >= 11 is 6.66. The van der Waals surface area contributed by atoms with E-state index in [0.29, 0.717) is 0 Å². The molecule has 128 valence electrons. The Morgan fingerprint density at radius 2 is 1.92 bits per heavy atom. The molecule has 0 saturated heterocycles. The summed E-state index contributed by atoms with van der Waals surface area (Å²) in [6.45, 7) is 0. The Labute approximate surface area is 147 Å². The summed E-state index contributed by atoms with van der Waals surface area (Å²) in [6, 6.07) is 5.26. The maximum atomic E-state index is 12.4. The van der Waals surface area contributed by atoms with Crippen LogP contribution >= 0.6 is 22.9 Å². The Bertz CT molecular complexity index is 906. The number of hydrogen-bond acceptors (Lipinski definition) is 5. The fourth-order valence-electron chi connectivity index (χ4n) is 1.79. The third-order valence-electron chi connectivity index (χ3n) is 2.95. The fraction of sp³-hybridized carbons (Fsp3) is 0.143. The number of carboxylic acids is 1. The van der Waals surface area contributed by atoms with Crippen LogP contribution in [0.3, 0.4) is 0 Å². The van der Waals surface area contributed by atoms with Gasteiger partial charge in [0.25, 0.3) is 15.9 Å². The van der Waals surface area contributed by atoms with E-state index in [2.05, 4.69) is 4.72 Å². The number of carbonyl (C=O) groups excluding carboxylic acids is 1. The lowest BCUT2D eigenvalue weighted by molar-refractivity contribution is 0.0696. The molecule has 10 heteroatoms. The number of carboxylic acid groups (broad SMARTS) is 1. The lowest BCUT2D eigenvalue weighted by atomic mass is 10.1. The van der Waals surface area contributed by atoms with Crippen LogP contribution in [-0.2, 0) is 10.0 Å². The van der Waals surface area contributed by atoms with Crippen LogP contribution in [0.15, 0.2) is 33.9 Å². The summed E-state index contributed by atoms with van der Waals surface area (Å²) in [6.07, 6.45) is 0. The Morgan fingerprint density at radius 1 is 1.25 bits per heavy atom. The summed E-state index contributed by atoms with van der Waals surface area (Å²) in [4.78, 5) is 24.4. The van der Waals surface area contributed by atoms with E-state index in [1.807, 2.05) is 0 Å². The molecule has 1 amide bonds. The highest BCUT2D eigenvalue weighted by atomic mass is 35.5. The molecule has 0 saturated carbocycles. The van der Waals surface area contributed by atoms with Crippen LogP contribution in [0.1, 0.15) is 20.7 Å². The Kier molecular flexibility index (Phi) is 5.16. The van der Waals surface area contributed by atoms with Crippen molar-refractivity contribution in [2.45, 2.75) is 4.21 Å².